The predicted octanol–water partition coefficient (Wildman–Crippen LogP) is 2.32. The summed E-state index contributed by atoms with van der Waals surface area (Å²) >= 11 is 1.50. The number of hydrogen-bond acceptors (Lipinski definition) is 5. The molecule has 0 heterocycles. The lowest BCUT2D eigenvalue weighted by Crippen LogP contribution is -2.20. The van der Waals surface area contributed by atoms with E-state index < -0.39 is 0 Å². The molecule has 4 nitrogen and oxygen atoms in total. The van der Waals surface area contributed by atoms with Crippen LogP contribution in [0, 0.1) is 5.92 Å². The molecule has 1 fully saturated rings. The molecule has 0 aliphatic heterocycles. The number of methoxy groups -OCH3 is 2. The molecule has 1 aliphatic carbocycles. The van der Waals surface area contributed by atoms with Crippen molar-refractivity contribution in [3.63, 3.8) is 0 Å². The van der Waals surface area contributed by atoms with Gasteiger partial charge in [-0.1, -0.05) is 0 Å². The van der Waals surface area contributed by atoms with Crippen molar-refractivity contribution < 1.29 is 14.3 Å². The van der Waals surface area contributed by atoms with Crippen molar-refractivity contribution in [2.45, 2.75) is 23.0 Å². The quantitative estimate of drug-likeness (QED) is 0.504. The fourth-order valence-corrected chi connectivity index (χ4v) is 3.11. The fraction of sp³-hybridized carbons (Fsp3) is 0.462. The van der Waals surface area contributed by atoms with Gasteiger partial charge < -0.3 is 15.2 Å². The second kappa shape index (κ2) is 5.52. The highest BCUT2D eigenvalue weighted by Gasteiger charge is 2.38. The minimum absolute atomic E-state index is 0.146. The summed E-state index contributed by atoms with van der Waals surface area (Å²) in [6.45, 7) is 0. The topological polar surface area (TPSA) is 61.5 Å². The predicted molar refractivity (Wildman–Crippen MR) is 71.8 cm³/mol. The molecule has 0 amide bonds. The van der Waals surface area contributed by atoms with Crippen LogP contribution in [0.15, 0.2) is 23.1 Å². The highest BCUT2D eigenvalue weighted by Crippen LogP contribution is 2.44. The van der Waals surface area contributed by atoms with Gasteiger partial charge in [-0.05, 0) is 30.9 Å². The molecule has 2 N–H and O–H groups in total. The van der Waals surface area contributed by atoms with Crippen LogP contribution in [0.25, 0.3) is 0 Å². The van der Waals surface area contributed by atoms with Gasteiger partial charge in [0.15, 0.2) is 0 Å². The molecule has 0 aromatic heterocycles. The van der Waals surface area contributed by atoms with Gasteiger partial charge in [0, 0.05) is 11.8 Å². The minimum atomic E-state index is -0.165. The smallest absolute Gasteiger partial charge is 0.319 e. The number of carbonyl (C=O) groups is 1. The molecular formula is C13H17NO3S. The molecule has 2 rings (SSSR count). The van der Waals surface area contributed by atoms with Crippen LogP contribution in [0.2, 0.25) is 0 Å². The molecule has 18 heavy (non-hydrogen) atoms. The summed E-state index contributed by atoms with van der Waals surface area (Å²) in [6, 6.07) is 5.47. The monoisotopic (exact) mass is 267 g/mol. The Labute approximate surface area is 111 Å². The number of thioether (sulfide) groups is 1. The molecule has 1 aromatic rings. The zero-order valence-electron chi connectivity index (χ0n) is 10.5. The maximum absolute atomic E-state index is 11.8. The van der Waals surface area contributed by atoms with Gasteiger partial charge in [0.2, 0.25) is 0 Å². The lowest BCUT2D eigenvalue weighted by Gasteiger charge is -2.15. The number of benzene rings is 1. The Kier molecular flexibility index (Phi) is 4.01. The molecule has 1 aromatic carbocycles. The van der Waals surface area contributed by atoms with Crippen molar-refractivity contribution in [3.8, 4) is 5.75 Å². The highest BCUT2D eigenvalue weighted by molar-refractivity contribution is 8.00. The first-order valence-electron chi connectivity index (χ1n) is 5.83. The average molecular weight is 267 g/mol. The molecule has 0 saturated heterocycles. The van der Waals surface area contributed by atoms with E-state index >= 15 is 0 Å². The number of nitrogen functional groups attached to an aromatic ring is 1. The van der Waals surface area contributed by atoms with Crippen LogP contribution in [0.5, 0.6) is 5.75 Å². The van der Waals surface area contributed by atoms with Crippen molar-refractivity contribution in [2.24, 2.45) is 5.92 Å². The second-order valence-electron chi connectivity index (χ2n) is 4.31. The first-order chi connectivity index (χ1) is 8.65. The summed E-state index contributed by atoms with van der Waals surface area (Å²) in [6.07, 6.45) is 2.17. The van der Waals surface area contributed by atoms with Crippen LogP contribution in [0.3, 0.4) is 0 Å². The van der Waals surface area contributed by atoms with Gasteiger partial charge in [-0.3, -0.25) is 4.79 Å². The molecule has 0 radical (unpaired) electrons. The number of ether oxygens (including phenoxy) is 2. The zero-order valence-corrected chi connectivity index (χ0v) is 11.3. The third-order valence-electron chi connectivity index (χ3n) is 2.93. The van der Waals surface area contributed by atoms with Gasteiger partial charge in [0.1, 0.15) is 11.0 Å². The van der Waals surface area contributed by atoms with E-state index in [1.165, 1.54) is 18.9 Å². The van der Waals surface area contributed by atoms with Crippen molar-refractivity contribution >= 4 is 23.4 Å². The van der Waals surface area contributed by atoms with Crippen LogP contribution in [0.1, 0.15) is 12.8 Å². The number of rotatable bonds is 5. The number of hydrogen-bond donors (Lipinski definition) is 1. The van der Waals surface area contributed by atoms with Crippen LogP contribution < -0.4 is 10.5 Å². The van der Waals surface area contributed by atoms with Gasteiger partial charge in [-0.2, -0.15) is 0 Å². The van der Waals surface area contributed by atoms with E-state index in [2.05, 4.69) is 0 Å². The Morgan fingerprint density at radius 2 is 2.17 bits per heavy atom. The van der Waals surface area contributed by atoms with Crippen molar-refractivity contribution in [1.82, 2.24) is 0 Å². The maximum Gasteiger partial charge on any atom is 0.319 e. The fourth-order valence-electron chi connectivity index (χ4n) is 1.77. The Morgan fingerprint density at radius 1 is 1.44 bits per heavy atom. The van der Waals surface area contributed by atoms with Crippen LogP contribution in [-0.2, 0) is 9.53 Å². The third kappa shape index (κ3) is 2.90. The third-order valence-corrected chi connectivity index (χ3v) is 4.35. The summed E-state index contributed by atoms with van der Waals surface area (Å²) in [4.78, 5) is 12.7. The standard InChI is InChI=1S/C13H17NO3S/c1-16-10-7-9(14)5-6-11(10)18-12(8-3-4-8)13(15)17-2/h5-8,12H,3-4,14H2,1-2H3. The van der Waals surface area contributed by atoms with Crippen molar-refractivity contribution in [1.29, 1.82) is 0 Å². The maximum atomic E-state index is 11.8. The van der Waals surface area contributed by atoms with Crippen molar-refractivity contribution in [2.75, 3.05) is 20.0 Å². The summed E-state index contributed by atoms with van der Waals surface area (Å²) in [5.41, 5.74) is 6.36. The van der Waals surface area contributed by atoms with Gasteiger partial charge in [-0.25, -0.2) is 0 Å². The summed E-state index contributed by atoms with van der Waals surface area (Å²) in [5, 5.41) is -0.146. The average Bonchev–Trinajstić information content (AvgIpc) is 3.20. The Hall–Kier alpha value is -1.36. The molecular weight excluding hydrogens is 250 g/mol. The zero-order chi connectivity index (χ0) is 13.1. The van der Waals surface area contributed by atoms with E-state index in [1.54, 1.807) is 13.2 Å². The summed E-state index contributed by atoms with van der Waals surface area (Å²) in [7, 11) is 3.03. The Bertz CT molecular complexity index is 446. The van der Waals surface area contributed by atoms with E-state index in [1.807, 2.05) is 12.1 Å². The molecule has 1 saturated carbocycles. The number of carbonyl (C=O) groups excluding carboxylic acids is 1. The summed E-state index contributed by atoms with van der Waals surface area (Å²) < 4.78 is 10.1. The number of esters is 1. The van der Waals surface area contributed by atoms with E-state index in [0.29, 0.717) is 17.4 Å². The second-order valence-corrected chi connectivity index (χ2v) is 5.49. The van der Waals surface area contributed by atoms with Crippen LogP contribution >= 0.6 is 11.8 Å². The number of nitrogens with two attached hydrogens (primary N) is 1. The Morgan fingerprint density at radius 3 is 2.72 bits per heavy atom. The van der Waals surface area contributed by atoms with Gasteiger partial charge in [-0.15, -0.1) is 11.8 Å². The molecule has 1 unspecified atom stereocenters. The van der Waals surface area contributed by atoms with Crippen molar-refractivity contribution in [3.05, 3.63) is 18.2 Å². The molecule has 0 bridgehead atoms. The van der Waals surface area contributed by atoms with Crippen LogP contribution in [0.4, 0.5) is 5.69 Å². The summed E-state index contributed by atoms with van der Waals surface area (Å²) in [5.74, 6) is 0.959. The van der Waals surface area contributed by atoms with Crippen LogP contribution in [-0.4, -0.2) is 25.4 Å². The largest absolute Gasteiger partial charge is 0.496 e. The number of anilines is 1. The first kappa shape index (κ1) is 13.1. The van der Waals surface area contributed by atoms with Gasteiger partial charge in [0.25, 0.3) is 0 Å². The molecule has 1 aliphatic rings. The van der Waals surface area contributed by atoms with Gasteiger partial charge >= 0.3 is 5.97 Å². The van der Waals surface area contributed by atoms with E-state index in [4.69, 9.17) is 15.2 Å². The Balaban J connectivity index is 2.18. The normalized spacial score (nSPS) is 16.1. The lowest BCUT2D eigenvalue weighted by atomic mass is 10.3. The molecule has 1 atom stereocenters. The van der Waals surface area contributed by atoms with E-state index in [0.717, 1.165) is 17.7 Å². The first-order valence-corrected chi connectivity index (χ1v) is 6.71. The van der Waals surface area contributed by atoms with E-state index in [9.17, 15) is 4.79 Å². The SMILES string of the molecule is COC(=O)C(Sc1ccc(N)cc1OC)C1CC1. The molecule has 98 valence electrons. The van der Waals surface area contributed by atoms with Gasteiger partial charge in [0.05, 0.1) is 19.1 Å². The highest BCUT2D eigenvalue weighted by atomic mass is 32.2. The van der Waals surface area contributed by atoms with E-state index in [-0.39, 0.29) is 11.2 Å². The lowest BCUT2D eigenvalue weighted by molar-refractivity contribution is -0.140. The minimum Gasteiger partial charge on any atom is -0.496 e. The molecule has 5 heteroatoms. The molecule has 0 spiro atoms.